The molecule has 0 saturated heterocycles. The van der Waals surface area contributed by atoms with E-state index >= 15 is 0 Å². The fraction of sp³-hybridized carbons (Fsp3) is 0.706. The molecule has 1 aliphatic carbocycles. The molecule has 0 amide bonds. The first-order valence-electron chi connectivity index (χ1n) is 7.87. The number of hydrogen-bond acceptors (Lipinski definition) is 2. The van der Waals surface area contributed by atoms with E-state index in [0.29, 0.717) is 18.4 Å². The standard InChI is InChI=1S/C17H30O2Si/c1-6-14-10-8-9-11-15(14)12-16(13-20(3,4)5)17(18)19-7-2/h6,12,14-15H,1,7-11,13H2,2-5H3/b16-12+/t14-,15+/m1/s1. The summed E-state index contributed by atoms with van der Waals surface area (Å²) < 4.78 is 5.25. The average molecular weight is 295 g/mol. The first-order chi connectivity index (χ1) is 9.37. The van der Waals surface area contributed by atoms with Gasteiger partial charge >= 0.3 is 5.97 Å². The summed E-state index contributed by atoms with van der Waals surface area (Å²) in [5.74, 6) is 0.884. The number of carbonyl (C=O) groups is 1. The van der Waals surface area contributed by atoms with Crippen LogP contribution in [0.25, 0.3) is 0 Å². The van der Waals surface area contributed by atoms with Crippen molar-refractivity contribution < 1.29 is 9.53 Å². The van der Waals surface area contributed by atoms with Gasteiger partial charge in [0, 0.05) is 13.6 Å². The van der Waals surface area contributed by atoms with Crippen molar-refractivity contribution in [1.29, 1.82) is 0 Å². The van der Waals surface area contributed by atoms with Crippen LogP contribution in [0.3, 0.4) is 0 Å². The summed E-state index contributed by atoms with van der Waals surface area (Å²) in [7, 11) is -1.32. The molecule has 1 aliphatic rings. The number of carbonyl (C=O) groups excluding carboxylic acids is 1. The van der Waals surface area contributed by atoms with E-state index in [9.17, 15) is 4.79 Å². The highest BCUT2D eigenvalue weighted by Gasteiger charge is 2.26. The Balaban J connectivity index is 2.91. The van der Waals surface area contributed by atoms with Gasteiger partial charge in [0.05, 0.1) is 6.61 Å². The molecule has 0 aromatic rings. The minimum absolute atomic E-state index is 0.108. The fourth-order valence-electron chi connectivity index (χ4n) is 2.94. The quantitative estimate of drug-likeness (QED) is 0.304. The summed E-state index contributed by atoms with van der Waals surface area (Å²) in [5.41, 5.74) is 0.907. The molecule has 2 nitrogen and oxygen atoms in total. The van der Waals surface area contributed by atoms with Crippen LogP contribution in [0.4, 0.5) is 0 Å². The number of esters is 1. The van der Waals surface area contributed by atoms with Crippen LogP contribution in [0.1, 0.15) is 32.6 Å². The third-order valence-electron chi connectivity index (χ3n) is 3.85. The Morgan fingerprint density at radius 1 is 1.25 bits per heavy atom. The van der Waals surface area contributed by atoms with Gasteiger partial charge in [-0.3, -0.25) is 0 Å². The molecule has 0 aliphatic heterocycles. The van der Waals surface area contributed by atoms with Gasteiger partial charge in [-0.25, -0.2) is 4.79 Å². The van der Waals surface area contributed by atoms with Gasteiger partial charge in [-0.1, -0.05) is 44.6 Å². The minimum Gasteiger partial charge on any atom is -0.463 e. The average Bonchev–Trinajstić information content (AvgIpc) is 2.37. The summed E-state index contributed by atoms with van der Waals surface area (Å²) in [6.45, 7) is 13.2. The Hall–Kier alpha value is -0.833. The van der Waals surface area contributed by atoms with Crippen LogP contribution in [-0.4, -0.2) is 20.7 Å². The van der Waals surface area contributed by atoms with E-state index in [0.717, 1.165) is 11.6 Å². The maximum atomic E-state index is 12.2. The Labute approximate surface area is 125 Å². The van der Waals surface area contributed by atoms with Crippen molar-refractivity contribution in [2.75, 3.05) is 6.61 Å². The molecule has 2 atom stereocenters. The summed E-state index contributed by atoms with van der Waals surface area (Å²) in [4.78, 5) is 12.2. The van der Waals surface area contributed by atoms with Crippen molar-refractivity contribution in [3.05, 3.63) is 24.3 Å². The van der Waals surface area contributed by atoms with Crippen LogP contribution in [0.2, 0.25) is 25.7 Å². The summed E-state index contributed by atoms with van der Waals surface area (Å²) in [6.07, 6.45) is 9.19. The van der Waals surface area contributed by atoms with Gasteiger partial charge in [0.15, 0.2) is 0 Å². The van der Waals surface area contributed by atoms with Crippen LogP contribution in [-0.2, 0) is 9.53 Å². The molecule has 0 aromatic carbocycles. The largest absolute Gasteiger partial charge is 0.463 e. The lowest BCUT2D eigenvalue weighted by molar-refractivity contribution is -0.138. The second kappa shape index (κ2) is 7.82. The van der Waals surface area contributed by atoms with Crippen LogP contribution >= 0.6 is 0 Å². The second-order valence-electron chi connectivity index (χ2n) is 7.00. The van der Waals surface area contributed by atoms with Crippen molar-refractivity contribution >= 4 is 14.0 Å². The van der Waals surface area contributed by atoms with Gasteiger partial charge in [-0.15, -0.1) is 6.58 Å². The monoisotopic (exact) mass is 294 g/mol. The second-order valence-corrected chi connectivity index (χ2v) is 12.5. The highest BCUT2D eigenvalue weighted by atomic mass is 28.3. The molecule has 20 heavy (non-hydrogen) atoms. The van der Waals surface area contributed by atoms with Crippen molar-refractivity contribution in [3.63, 3.8) is 0 Å². The number of allylic oxidation sites excluding steroid dienone is 2. The molecule has 0 spiro atoms. The third kappa shape index (κ3) is 5.66. The molecule has 0 unspecified atom stereocenters. The first-order valence-corrected chi connectivity index (χ1v) is 11.6. The van der Waals surface area contributed by atoms with Gasteiger partial charge in [-0.2, -0.15) is 0 Å². The van der Waals surface area contributed by atoms with E-state index in [2.05, 4.69) is 38.4 Å². The Morgan fingerprint density at radius 2 is 1.85 bits per heavy atom. The maximum absolute atomic E-state index is 12.2. The van der Waals surface area contributed by atoms with Gasteiger partial charge < -0.3 is 4.74 Å². The van der Waals surface area contributed by atoms with Gasteiger partial charge in [-0.05, 0) is 37.6 Å². The molecule has 1 fully saturated rings. The van der Waals surface area contributed by atoms with Crippen molar-refractivity contribution in [3.8, 4) is 0 Å². The van der Waals surface area contributed by atoms with Crippen LogP contribution in [0.5, 0.6) is 0 Å². The number of hydrogen-bond donors (Lipinski definition) is 0. The zero-order chi connectivity index (χ0) is 15.2. The molecular formula is C17H30O2Si. The smallest absolute Gasteiger partial charge is 0.333 e. The van der Waals surface area contributed by atoms with Gasteiger partial charge in [0.2, 0.25) is 0 Å². The zero-order valence-electron chi connectivity index (χ0n) is 13.6. The molecule has 0 bridgehead atoms. The number of ether oxygens (including phenoxy) is 1. The maximum Gasteiger partial charge on any atom is 0.333 e. The highest BCUT2D eigenvalue weighted by molar-refractivity contribution is 6.77. The Kier molecular flexibility index (Phi) is 6.73. The van der Waals surface area contributed by atoms with E-state index in [4.69, 9.17) is 4.74 Å². The summed E-state index contributed by atoms with van der Waals surface area (Å²) >= 11 is 0. The Morgan fingerprint density at radius 3 is 2.35 bits per heavy atom. The summed E-state index contributed by atoms with van der Waals surface area (Å²) in [5, 5.41) is 0. The lowest BCUT2D eigenvalue weighted by Crippen LogP contribution is -2.25. The Bertz CT molecular complexity index is 366. The molecule has 0 heterocycles. The van der Waals surface area contributed by atoms with E-state index in [1.165, 1.54) is 25.7 Å². The van der Waals surface area contributed by atoms with E-state index < -0.39 is 8.07 Å². The van der Waals surface area contributed by atoms with E-state index in [1.807, 2.05) is 6.92 Å². The van der Waals surface area contributed by atoms with Crippen molar-refractivity contribution in [2.24, 2.45) is 11.8 Å². The van der Waals surface area contributed by atoms with E-state index in [1.54, 1.807) is 0 Å². The number of rotatable bonds is 6. The predicted molar refractivity (Wildman–Crippen MR) is 88.5 cm³/mol. The molecule has 0 aromatic heterocycles. The molecular weight excluding hydrogens is 264 g/mol. The highest BCUT2D eigenvalue weighted by Crippen LogP contribution is 2.33. The molecule has 0 radical (unpaired) electrons. The molecule has 0 N–H and O–H groups in total. The lowest BCUT2D eigenvalue weighted by atomic mass is 9.78. The minimum atomic E-state index is -1.32. The molecule has 114 valence electrons. The van der Waals surface area contributed by atoms with Gasteiger partial charge in [0.25, 0.3) is 0 Å². The van der Waals surface area contributed by atoms with Crippen molar-refractivity contribution in [2.45, 2.75) is 58.3 Å². The van der Waals surface area contributed by atoms with Crippen LogP contribution in [0.15, 0.2) is 24.3 Å². The zero-order valence-corrected chi connectivity index (χ0v) is 14.6. The molecule has 1 rings (SSSR count). The fourth-order valence-corrected chi connectivity index (χ4v) is 4.35. The third-order valence-corrected chi connectivity index (χ3v) is 5.29. The SMILES string of the molecule is C=C[C@@H]1CCCC[C@H]1/C=C(\C[Si](C)(C)C)C(=O)OCC. The van der Waals surface area contributed by atoms with E-state index in [-0.39, 0.29) is 5.97 Å². The molecule has 1 saturated carbocycles. The molecule has 3 heteroatoms. The topological polar surface area (TPSA) is 26.3 Å². The van der Waals surface area contributed by atoms with Gasteiger partial charge in [0.1, 0.15) is 0 Å². The first kappa shape index (κ1) is 17.2. The normalized spacial score (nSPS) is 24.3. The predicted octanol–water partition coefficient (Wildman–Crippen LogP) is 4.81. The lowest BCUT2D eigenvalue weighted by Gasteiger charge is -2.28. The summed E-state index contributed by atoms with van der Waals surface area (Å²) in [6, 6.07) is 0.909. The van der Waals surface area contributed by atoms with Crippen LogP contribution < -0.4 is 0 Å². The van der Waals surface area contributed by atoms with Crippen LogP contribution in [0, 0.1) is 11.8 Å². The van der Waals surface area contributed by atoms with Crippen molar-refractivity contribution in [1.82, 2.24) is 0 Å².